The zero-order valence-electron chi connectivity index (χ0n) is 18.6. The number of sulfonamides is 1. The third-order valence-corrected chi connectivity index (χ3v) is 7.57. The van der Waals surface area contributed by atoms with Gasteiger partial charge in [0.05, 0.1) is 25.5 Å². The summed E-state index contributed by atoms with van der Waals surface area (Å²) in [6, 6.07) is 0. The summed E-state index contributed by atoms with van der Waals surface area (Å²) in [5, 5.41) is 3.26. The Morgan fingerprint density at radius 1 is 1.06 bits per heavy atom. The number of rotatable bonds is 8. The van der Waals surface area contributed by atoms with Crippen molar-refractivity contribution in [2.75, 3.05) is 64.8 Å². The van der Waals surface area contributed by atoms with Gasteiger partial charge in [-0.1, -0.05) is 6.42 Å². The first-order valence-corrected chi connectivity index (χ1v) is 13.0. The van der Waals surface area contributed by atoms with Gasteiger partial charge in [-0.15, -0.1) is 24.0 Å². The number of aliphatic imine (C=N–C) groups is 1. The van der Waals surface area contributed by atoms with Crippen molar-refractivity contribution in [3.8, 4) is 0 Å². The van der Waals surface area contributed by atoms with Crippen molar-refractivity contribution in [2.45, 2.75) is 39.0 Å². The molecule has 1 amide bonds. The summed E-state index contributed by atoms with van der Waals surface area (Å²) in [6.07, 6.45) is 5.03. The molecule has 0 aromatic carbocycles. The van der Waals surface area contributed by atoms with E-state index in [4.69, 9.17) is 4.74 Å². The van der Waals surface area contributed by atoms with Crippen molar-refractivity contribution in [1.82, 2.24) is 19.8 Å². The summed E-state index contributed by atoms with van der Waals surface area (Å²) >= 11 is 0. The lowest BCUT2D eigenvalue weighted by Crippen LogP contribution is -2.50. The molecule has 0 unspecified atom stereocenters. The molecule has 0 atom stereocenters. The number of ether oxygens (including phenoxy) is 1. The fourth-order valence-corrected chi connectivity index (χ4v) is 5.06. The van der Waals surface area contributed by atoms with Crippen LogP contribution in [0.5, 0.6) is 0 Å². The van der Waals surface area contributed by atoms with Crippen LogP contribution in [0.15, 0.2) is 4.99 Å². The molecular weight excluding hydrogens is 533 g/mol. The van der Waals surface area contributed by atoms with E-state index >= 15 is 0 Å². The first kappa shape index (κ1) is 26.6. The number of nitrogens with zero attached hydrogens (tertiary/aromatic N) is 3. The number of hydrogen-bond donors (Lipinski definition) is 2. The minimum Gasteiger partial charge on any atom is -0.378 e. The van der Waals surface area contributed by atoms with Gasteiger partial charge in [-0.3, -0.25) is 9.79 Å². The first-order valence-electron chi connectivity index (χ1n) is 11.4. The zero-order valence-corrected chi connectivity index (χ0v) is 21.7. The lowest BCUT2D eigenvalue weighted by atomic mass is 9.86. The van der Waals surface area contributed by atoms with Gasteiger partial charge in [-0.2, -0.15) is 0 Å². The van der Waals surface area contributed by atoms with Crippen LogP contribution in [0.4, 0.5) is 0 Å². The predicted molar refractivity (Wildman–Crippen MR) is 132 cm³/mol. The van der Waals surface area contributed by atoms with Gasteiger partial charge in [0.15, 0.2) is 5.96 Å². The maximum atomic E-state index is 12.7. The van der Waals surface area contributed by atoms with Crippen molar-refractivity contribution in [3.63, 3.8) is 0 Å². The number of carbonyl (C=O) groups is 1. The molecule has 180 valence electrons. The maximum Gasteiger partial charge on any atom is 0.225 e. The Hall–Kier alpha value is -0.660. The summed E-state index contributed by atoms with van der Waals surface area (Å²) < 4.78 is 32.4. The van der Waals surface area contributed by atoms with Crippen molar-refractivity contribution in [1.29, 1.82) is 0 Å². The molecule has 1 aliphatic carbocycles. The van der Waals surface area contributed by atoms with Crippen LogP contribution < -0.4 is 10.0 Å². The number of hydrogen-bond acceptors (Lipinski definition) is 5. The molecule has 2 aliphatic heterocycles. The van der Waals surface area contributed by atoms with E-state index in [1.54, 1.807) is 0 Å². The molecule has 0 aromatic heterocycles. The molecular formula is C20H38IN5O4S. The monoisotopic (exact) mass is 571 g/mol. The molecule has 0 aromatic rings. The number of carbonyl (C=O) groups excluding carboxylic acids is 1. The van der Waals surface area contributed by atoms with Gasteiger partial charge in [0.2, 0.25) is 15.9 Å². The van der Waals surface area contributed by atoms with Crippen molar-refractivity contribution in [3.05, 3.63) is 0 Å². The van der Waals surface area contributed by atoms with Crippen molar-refractivity contribution >= 4 is 45.9 Å². The number of piperidine rings is 1. The molecule has 3 rings (SSSR count). The topological polar surface area (TPSA) is 103 Å². The second-order valence-electron chi connectivity index (χ2n) is 8.40. The first-order chi connectivity index (χ1) is 14.5. The number of nitrogens with one attached hydrogen (secondary N) is 2. The fourth-order valence-electron chi connectivity index (χ4n) is 4.09. The standard InChI is InChI=1S/C20H37N5O4S.HI/c1-2-21-20(22-8-15-30(27,28)23-16-17-4-3-5-17)25-9-6-18(7-10-25)19(26)24-11-13-29-14-12-24;/h17-18,23H,2-16H2,1H3,(H,21,22);1H. The van der Waals surface area contributed by atoms with Crippen LogP contribution in [0.3, 0.4) is 0 Å². The summed E-state index contributed by atoms with van der Waals surface area (Å²) in [5.74, 6) is 1.54. The molecule has 11 heteroatoms. The van der Waals surface area contributed by atoms with E-state index in [1.165, 1.54) is 6.42 Å². The maximum absolute atomic E-state index is 12.7. The van der Waals surface area contributed by atoms with Gasteiger partial charge < -0.3 is 19.9 Å². The van der Waals surface area contributed by atoms with Crippen LogP contribution in [0, 0.1) is 11.8 Å². The Labute approximate surface area is 203 Å². The molecule has 9 nitrogen and oxygen atoms in total. The van der Waals surface area contributed by atoms with Crippen LogP contribution in [0.1, 0.15) is 39.0 Å². The Balaban J connectivity index is 0.00000341. The van der Waals surface area contributed by atoms with Crippen LogP contribution >= 0.6 is 24.0 Å². The largest absolute Gasteiger partial charge is 0.378 e. The third-order valence-electron chi connectivity index (χ3n) is 6.24. The summed E-state index contributed by atoms with van der Waals surface area (Å²) in [6.45, 7) is 7.63. The molecule has 2 N–H and O–H groups in total. The average molecular weight is 572 g/mol. The molecule has 2 heterocycles. The molecule has 1 saturated carbocycles. The summed E-state index contributed by atoms with van der Waals surface area (Å²) in [7, 11) is -3.29. The Morgan fingerprint density at radius 2 is 1.74 bits per heavy atom. The molecule has 2 saturated heterocycles. The van der Waals surface area contributed by atoms with Crippen molar-refractivity contribution < 1.29 is 17.9 Å². The molecule has 3 aliphatic rings. The quantitative estimate of drug-likeness (QED) is 0.255. The summed E-state index contributed by atoms with van der Waals surface area (Å²) in [5.41, 5.74) is 0. The van der Waals surface area contributed by atoms with Gasteiger partial charge in [0.1, 0.15) is 0 Å². The second-order valence-corrected chi connectivity index (χ2v) is 10.3. The molecule has 0 bridgehead atoms. The minimum absolute atomic E-state index is 0. The smallest absolute Gasteiger partial charge is 0.225 e. The van der Waals surface area contributed by atoms with Gasteiger partial charge in [-0.05, 0) is 38.5 Å². The highest BCUT2D eigenvalue weighted by Gasteiger charge is 2.30. The van der Waals surface area contributed by atoms with Crippen LogP contribution in [-0.4, -0.2) is 94.9 Å². The number of amides is 1. The van der Waals surface area contributed by atoms with Gasteiger partial charge in [-0.25, -0.2) is 13.1 Å². The molecule has 3 fully saturated rings. The van der Waals surface area contributed by atoms with Crippen molar-refractivity contribution in [2.24, 2.45) is 16.8 Å². The molecule has 31 heavy (non-hydrogen) atoms. The predicted octanol–water partition coefficient (Wildman–Crippen LogP) is 0.860. The second kappa shape index (κ2) is 13.1. The highest BCUT2D eigenvalue weighted by molar-refractivity contribution is 14.0. The SMILES string of the molecule is CCNC(=NCCS(=O)(=O)NCC1CCC1)N1CCC(C(=O)N2CCOCC2)CC1.I. The Kier molecular flexibility index (Phi) is 11.3. The van der Waals surface area contributed by atoms with Gasteiger partial charge in [0, 0.05) is 45.2 Å². The van der Waals surface area contributed by atoms with E-state index < -0.39 is 10.0 Å². The summed E-state index contributed by atoms with van der Waals surface area (Å²) in [4.78, 5) is 21.3. The normalized spacial score (nSPS) is 21.4. The lowest BCUT2D eigenvalue weighted by molar-refractivity contribution is -0.140. The number of morpholine rings is 1. The number of likely N-dealkylation sites (tertiary alicyclic amines) is 1. The Bertz CT molecular complexity index is 688. The van der Waals surface area contributed by atoms with E-state index in [9.17, 15) is 13.2 Å². The molecule has 0 spiro atoms. The van der Waals surface area contributed by atoms with E-state index in [0.29, 0.717) is 38.8 Å². The van der Waals surface area contributed by atoms with Crippen LogP contribution in [-0.2, 0) is 19.6 Å². The third kappa shape index (κ3) is 8.32. The molecule has 0 radical (unpaired) electrons. The Morgan fingerprint density at radius 3 is 2.32 bits per heavy atom. The number of halogens is 1. The number of guanidine groups is 1. The highest BCUT2D eigenvalue weighted by atomic mass is 127. The van der Waals surface area contributed by atoms with E-state index in [1.807, 2.05) is 11.8 Å². The minimum atomic E-state index is -3.29. The zero-order chi connectivity index (χ0) is 21.4. The highest BCUT2D eigenvalue weighted by Crippen LogP contribution is 2.25. The fraction of sp³-hybridized carbons (Fsp3) is 0.900. The van der Waals surface area contributed by atoms with Crippen LogP contribution in [0.2, 0.25) is 0 Å². The van der Waals surface area contributed by atoms with E-state index in [2.05, 4.69) is 19.9 Å². The van der Waals surface area contributed by atoms with Gasteiger partial charge in [0.25, 0.3) is 0 Å². The average Bonchev–Trinajstić information content (AvgIpc) is 2.72. The van der Waals surface area contributed by atoms with Crippen LogP contribution in [0.25, 0.3) is 0 Å². The van der Waals surface area contributed by atoms with E-state index in [-0.39, 0.29) is 48.1 Å². The van der Waals surface area contributed by atoms with Gasteiger partial charge >= 0.3 is 0 Å². The lowest BCUT2D eigenvalue weighted by Gasteiger charge is -2.36. The van der Waals surface area contributed by atoms with E-state index in [0.717, 1.165) is 51.3 Å².